The van der Waals surface area contributed by atoms with Gasteiger partial charge in [-0.3, -0.25) is 4.79 Å². The molecule has 23 heavy (non-hydrogen) atoms. The third-order valence-corrected chi connectivity index (χ3v) is 4.04. The number of anilines is 2. The molecule has 2 aliphatic heterocycles. The Bertz CT molecular complexity index is 855. The summed E-state index contributed by atoms with van der Waals surface area (Å²) in [4.78, 5) is 17.3. The van der Waals surface area contributed by atoms with E-state index >= 15 is 0 Å². The fourth-order valence-electron chi connectivity index (χ4n) is 3.03. The van der Waals surface area contributed by atoms with Crippen LogP contribution >= 0.6 is 0 Å². The summed E-state index contributed by atoms with van der Waals surface area (Å²) in [6, 6.07) is 15.4. The molecule has 2 aliphatic rings. The Labute approximate surface area is 133 Å². The lowest BCUT2D eigenvalue weighted by molar-refractivity contribution is -0.110. The van der Waals surface area contributed by atoms with Crippen LogP contribution in [0.15, 0.2) is 59.8 Å². The minimum absolute atomic E-state index is 0.0966. The molecule has 4 rings (SSSR count). The van der Waals surface area contributed by atoms with Crippen LogP contribution in [0.5, 0.6) is 0 Å². The predicted octanol–water partition coefficient (Wildman–Crippen LogP) is 2.87. The number of nitrogens with zero attached hydrogens (tertiary/aromatic N) is 1. The van der Waals surface area contributed by atoms with E-state index in [1.165, 1.54) is 7.11 Å². The number of hydrogen-bond acceptors (Lipinski definition) is 4. The minimum atomic E-state index is -0.209. The molecule has 0 fully saturated rings. The summed E-state index contributed by atoms with van der Waals surface area (Å²) >= 11 is 0. The van der Waals surface area contributed by atoms with Crippen LogP contribution in [-0.4, -0.2) is 24.8 Å². The van der Waals surface area contributed by atoms with Gasteiger partial charge in [0, 0.05) is 28.1 Å². The van der Waals surface area contributed by atoms with Gasteiger partial charge in [0.15, 0.2) is 0 Å². The van der Waals surface area contributed by atoms with E-state index in [1.807, 2.05) is 54.6 Å². The summed E-state index contributed by atoms with van der Waals surface area (Å²) in [5.41, 5.74) is 5.14. The van der Waals surface area contributed by atoms with E-state index in [-0.39, 0.29) is 11.9 Å². The van der Waals surface area contributed by atoms with Gasteiger partial charge in [0.1, 0.15) is 12.8 Å². The number of hydrogen-bond donors (Lipinski definition) is 2. The maximum Gasteiger partial charge on any atom is 0.256 e. The number of carbonyl (C=O) groups excluding carboxylic acids is 1. The summed E-state index contributed by atoms with van der Waals surface area (Å²) in [6.07, 6.45) is 1.90. The van der Waals surface area contributed by atoms with Crippen LogP contribution in [0.3, 0.4) is 0 Å². The van der Waals surface area contributed by atoms with Crippen molar-refractivity contribution >= 4 is 28.6 Å². The summed E-state index contributed by atoms with van der Waals surface area (Å²) < 4.78 is 0. The lowest BCUT2D eigenvalue weighted by Gasteiger charge is -2.08. The molecule has 1 amide bonds. The minimum Gasteiger partial charge on any atom is -0.399 e. The standard InChI is InChI=1S/C18H15N3O2/c1-23-21-17-12-7-3-5-9-15(12)19-16(17)10-13-11-6-2-4-8-14(11)20-18(13)22/h2-10,16,19H,1H3,(H,20,22)/b13-10-,21-17+. The number of oxime groups is 1. The summed E-state index contributed by atoms with van der Waals surface area (Å²) in [5.74, 6) is -0.0966. The number of nitrogens with one attached hydrogen (secondary N) is 2. The van der Waals surface area contributed by atoms with Crippen molar-refractivity contribution in [3.8, 4) is 0 Å². The molecule has 114 valence electrons. The second-order valence-corrected chi connectivity index (χ2v) is 5.41. The highest BCUT2D eigenvalue weighted by molar-refractivity contribution is 6.32. The van der Waals surface area contributed by atoms with Gasteiger partial charge in [0.05, 0.1) is 6.04 Å². The third-order valence-electron chi connectivity index (χ3n) is 4.04. The zero-order valence-electron chi connectivity index (χ0n) is 12.5. The first kappa shape index (κ1) is 13.6. The molecule has 5 heteroatoms. The maximum absolute atomic E-state index is 12.3. The number of rotatable bonds is 2. The van der Waals surface area contributed by atoms with Crippen LogP contribution in [-0.2, 0) is 9.63 Å². The van der Waals surface area contributed by atoms with Gasteiger partial charge >= 0.3 is 0 Å². The van der Waals surface area contributed by atoms with Crippen LogP contribution < -0.4 is 10.6 Å². The smallest absolute Gasteiger partial charge is 0.256 e. The zero-order valence-corrected chi connectivity index (χ0v) is 12.5. The number of carbonyl (C=O) groups is 1. The van der Waals surface area contributed by atoms with Gasteiger partial charge in [0.25, 0.3) is 5.91 Å². The quantitative estimate of drug-likeness (QED) is 0.662. The summed E-state index contributed by atoms with van der Waals surface area (Å²) in [7, 11) is 1.52. The van der Waals surface area contributed by atoms with Crippen LogP contribution in [0, 0.1) is 0 Å². The molecule has 2 aromatic carbocycles. The van der Waals surface area contributed by atoms with Gasteiger partial charge in [0.2, 0.25) is 0 Å². The van der Waals surface area contributed by atoms with E-state index in [4.69, 9.17) is 4.84 Å². The fourth-order valence-corrected chi connectivity index (χ4v) is 3.03. The Morgan fingerprint density at radius 3 is 2.52 bits per heavy atom. The van der Waals surface area contributed by atoms with Crippen molar-refractivity contribution in [3.63, 3.8) is 0 Å². The summed E-state index contributed by atoms with van der Waals surface area (Å²) in [5, 5.41) is 10.4. The molecule has 0 aliphatic carbocycles. The van der Waals surface area contributed by atoms with E-state index in [0.29, 0.717) is 5.57 Å². The van der Waals surface area contributed by atoms with Crippen LogP contribution in [0.25, 0.3) is 5.57 Å². The Morgan fingerprint density at radius 2 is 1.74 bits per heavy atom. The molecule has 1 unspecified atom stereocenters. The normalized spacial score (nSPS) is 21.8. The van der Waals surface area contributed by atoms with Crippen LogP contribution in [0.4, 0.5) is 11.4 Å². The Morgan fingerprint density at radius 1 is 1.04 bits per heavy atom. The molecule has 2 heterocycles. The first-order chi connectivity index (χ1) is 11.3. The lowest BCUT2D eigenvalue weighted by Crippen LogP contribution is -2.22. The highest BCUT2D eigenvalue weighted by atomic mass is 16.6. The predicted molar refractivity (Wildman–Crippen MR) is 90.4 cm³/mol. The average molecular weight is 305 g/mol. The first-order valence-corrected chi connectivity index (χ1v) is 7.37. The summed E-state index contributed by atoms with van der Waals surface area (Å²) in [6.45, 7) is 0. The van der Waals surface area contributed by atoms with Gasteiger partial charge in [-0.25, -0.2) is 0 Å². The molecule has 0 saturated carbocycles. The Balaban J connectivity index is 1.77. The molecule has 0 bridgehead atoms. The van der Waals surface area contributed by atoms with Crippen molar-refractivity contribution in [3.05, 3.63) is 65.7 Å². The van der Waals surface area contributed by atoms with E-state index < -0.39 is 0 Å². The van der Waals surface area contributed by atoms with Crippen LogP contribution in [0.1, 0.15) is 11.1 Å². The maximum atomic E-state index is 12.3. The number of benzene rings is 2. The fraction of sp³-hybridized carbons (Fsp3) is 0.111. The monoisotopic (exact) mass is 305 g/mol. The average Bonchev–Trinajstić information content (AvgIpc) is 3.07. The van der Waals surface area contributed by atoms with Crippen LogP contribution in [0.2, 0.25) is 0 Å². The zero-order chi connectivity index (χ0) is 15.8. The second kappa shape index (κ2) is 5.28. The van der Waals surface area contributed by atoms with Gasteiger partial charge < -0.3 is 15.5 Å². The van der Waals surface area contributed by atoms with Gasteiger partial charge in [-0.05, 0) is 18.2 Å². The highest BCUT2D eigenvalue weighted by Gasteiger charge is 2.31. The van der Waals surface area contributed by atoms with Gasteiger partial charge in [-0.2, -0.15) is 0 Å². The molecule has 2 aromatic rings. The van der Waals surface area contributed by atoms with Crippen molar-refractivity contribution in [1.29, 1.82) is 0 Å². The highest BCUT2D eigenvalue weighted by Crippen LogP contribution is 2.34. The third kappa shape index (κ3) is 2.17. The topological polar surface area (TPSA) is 62.7 Å². The van der Waals surface area contributed by atoms with E-state index in [1.54, 1.807) is 0 Å². The second-order valence-electron chi connectivity index (χ2n) is 5.41. The SMILES string of the molecule is CO/N=C1\c2ccccc2NC1/C=C1\C(=O)Nc2ccccc21. The molecular weight excluding hydrogens is 290 g/mol. The molecule has 0 spiro atoms. The largest absolute Gasteiger partial charge is 0.399 e. The molecule has 5 nitrogen and oxygen atoms in total. The van der Waals surface area contributed by atoms with E-state index in [9.17, 15) is 4.79 Å². The molecule has 1 atom stereocenters. The van der Waals surface area contributed by atoms with Crippen molar-refractivity contribution in [2.45, 2.75) is 6.04 Å². The number of amides is 1. The lowest BCUT2D eigenvalue weighted by atomic mass is 10.0. The van der Waals surface area contributed by atoms with Crippen molar-refractivity contribution < 1.29 is 9.63 Å². The Hall–Kier alpha value is -3.08. The molecule has 0 radical (unpaired) electrons. The molecule has 0 saturated heterocycles. The molecule has 2 N–H and O–H groups in total. The van der Waals surface area contributed by atoms with E-state index in [2.05, 4.69) is 15.8 Å². The molecule has 0 aromatic heterocycles. The van der Waals surface area contributed by atoms with Gasteiger partial charge in [-0.15, -0.1) is 0 Å². The van der Waals surface area contributed by atoms with Crippen molar-refractivity contribution in [1.82, 2.24) is 0 Å². The molecular formula is C18H15N3O2. The number of para-hydroxylation sites is 2. The van der Waals surface area contributed by atoms with Crippen molar-refractivity contribution in [2.24, 2.45) is 5.16 Å². The Kier molecular flexibility index (Phi) is 3.12. The van der Waals surface area contributed by atoms with Crippen molar-refractivity contribution in [2.75, 3.05) is 17.7 Å². The van der Waals surface area contributed by atoms with E-state index in [0.717, 1.165) is 28.2 Å². The first-order valence-electron chi connectivity index (χ1n) is 7.37. The van der Waals surface area contributed by atoms with Gasteiger partial charge in [-0.1, -0.05) is 41.6 Å². The number of fused-ring (bicyclic) bond motifs is 2.